The average molecular weight is 420 g/mol. The Morgan fingerprint density at radius 1 is 1.26 bits per heavy atom. The van der Waals surface area contributed by atoms with E-state index in [1.165, 1.54) is 23.6 Å². The highest BCUT2D eigenvalue weighted by atomic mass is 35.5. The zero-order valence-electron chi connectivity index (χ0n) is 14.1. The number of ether oxygens (including phenoxy) is 1. The largest absolute Gasteiger partial charge is 0.479 e. The number of hydrogen-bond donors (Lipinski definition) is 1. The Kier molecular flexibility index (Phi) is 5.84. The Morgan fingerprint density at radius 2 is 1.93 bits per heavy atom. The minimum atomic E-state index is -1.04. The first kappa shape index (κ1) is 19.4. The fourth-order valence-electron chi connectivity index (χ4n) is 2.36. The molecular weight excluding hydrogens is 406 g/mol. The van der Waals surface area contributed by atoms with Gasteiger partial charge in [-0.25, -0.2) is 4.79 Å². The number of thiocarbonyl (C=S) groups is 1. The lowest BCUT2D eigenvalue weighted by Crippen LogP contribution is -2.27. The van der Waals surface area contributed by atoms with Crippen molar-refractivity contribution < 1.29 is 19.4 Å². The van der Waals surface area contributed by atoms with Crippen molar-refractivity contribution in [1.29, 1.82) is 0 Å². The molecule has 1 unspecified atom stereocenters. The Hall–Kier alpha value is -2.35. The summed E-state index contributed by atoms with van der Waals surface area (Å²) >= 11 is 12.7. The van der Waals surface area contributed by atoms with Crippen molar-refractivity contribution in [3.63, 3.8) is 0 Å². The number of carboxylic acids is 1. The van der Waals surface area contributed by atoms with E-state index in [-0.39, 0.29) is 5.91 Å². The maximum atomic E-state index is 12.8. The molecule has 27 heavy (non-hydrogen) atoms. The van der Waals surface area contributed by atoms with Crippen LogP contribution in [0.4, 0.5) is 5.69 Å². The van der Waals surface area contributed by atoms with Crippen LogP contribution in [-0.2, 0) is 9.59 Å². The molecule has 138 valence electrons. The van der Waals surface area contributed by atoms with E-state index >= 15 is 0 Å². The second kappa shape index (κ2) is 8.12. The first-order valence-corrected chi connectivity index (χ1v) is 9.49. The highest BCUT2D eigenvalue weighted by molar-refractivity contribution is 8.27. The molecule has 0 aliphatic carbocycles. The summed E-state index contributed by atoms with van der Waals surface area (Å²) < 4.78 is 5.70. The second-order valence-electron chi connectivity index (χ2n) is 5.64. The van der Waals surface area contributed by atoms with E-state index in [4.69, 9.17) is 33.7 Å². The summed E-state index contributed by atoms with van der Waals surface area (Å²) in [7, 11) is 0. The Morgan fingerprint density at radius 3 is 2.56 bits per heavy atom. The quantitative estimate of drug-likeness (QED) is 0.564. The number of carbonyl (C=O) groups is 2. The molecule has 0 aromatic heterocycles. The predicted octanol–water partition coefficient (Wildman–Crippen LogP) is 4.60. The summed E-state index contributed by atoms with van der Waals surface area (Å²) in [6.07, 6.45) is 0.781. The number of aliphatic carboxylic acids is 1. The van der Waals surface area contributed by atoms with Crippen LogP contribution in [0.1, 0.15) is 12.5 Å². The van der Waals surface area contributed by atoms with E-state index in [9.17, 15) is 9.59 Å². The zero-order valence-corrected chi connectivity index (χ0v) is 16.5. The van der Waals surface area contributed by atoms with Crippen molar-refractivity contribution in [3.8, 4) is 5.75 Å². The van der Waals surface area contributed by atoms with Crippen LogP contribution < -0.4 is 9.64 Å². The van der Waals surface area contributed by atoms with E-state index in [0.717, 1.165) is 5.56 Å². The van der Waals surface area contributed by atoms with E-state index in [0.29, 0.717) is 25.7 Å². The summed E-state index contributed by atoms with van der Waals surface area (Å²) in [4.78, 5) is 25.5. The van der Waals surface area contributed by atoms with E-state index < -0.39 is 12.1 Å². The SMILES string of the molecule is CC(Oc1ccc(/C=C2/SC(=S)N(c3ccccc3Cl)C2=O)cc1)C(=O)O. The summed E-state index contributed by atoms with van der Waals surface area (Å²) in [5.41, 5.74) is 1.32. The van der Waals surface area contributed by atoms with Crippen LogP contribution in [0.2, 0.25) is 5.02 Å². The molecule has 1 N–H and O–H groups in total. The van der Waals surface area contributed by atoms with Crippen LogP contribution in [0.25, 0.3) is 6.08 Å². The van der Waals surface area contributed by atoms with E-state index in [1.54, 1.807) is 54.6 Å². The summed E-state index contributed by atoms with van der Waals surface area (Å²) in [6.45, 7) is 1.45. The summed E-state index contributed by atoms with van der Waals surface area (Å²) in [5.74, 6) is -0.842. The van der Waals surface area contributed by atoms with Gasteiger partial charge in [0.05, 0.1) is 15.6 Å². The molecule has 1 saturated heterocycles. The molecular formula is C19H14ClNO4S2. The van der Waals surface area contributed by atoms with Gasteiger partial charge in [-0.1, -0.05) is 59.8 Å². The van der Waals surface area contributed by atoms with Crippen molar-refractivity contribution in [3.05, 3.63) is 64.0 Å². The molecule has 0 bridgehead atoms. The van der Waals surface area contributed by atoms with Gasteiger partial charge in [-0.05, 0) is 42.8 Å². The van der Waals surface area contributed by atoms with Crippen molar-refractivity contribution in [1.82, 2.24) is 0 Å². The van der Waals surface area contributed by atoms with Crippen LogP contribution >= 0.6 is 35.6 Å². The van der Waals surface area contributed by atoms with Gasteiger partial charge in [-0.15, -0.1) is 0 Å². The first-order chi connectivity index (χ1) is 12.9. The number of carbonyl (C=O) groups excluding carboxylic acids is 1. The van der Waals surface area contributed by atoms with Gasteiger partial charge in [0.2, 0.25) is 0 Å². The lowest BCUT2D eigenvalue weighted by atomic mass is 10.2. The van der Waals surface area contributed by atoms with Crippen molar-refractivity contribution >= 4 is 63.5 Å². The molecule has 1 fully saturated rings. The average Bonchev–Trinajstić information content (AvgIpc) is 2.90. The number of halogens is 1. The molecule has 0 saturated carbocycles. The molecule has 5 nitrogen and oxygen atoms in total. The normalized spacial score (nSPS) is 16.7. The maximum absolute atomic E-state index is 12.8. The van der Waals surface area contributed by atoms with E-state index in [1.807, 2.05) is 0 Å². The Balaban J connectivity index is 1.80. The number of hydrogen-bond acceptors (Lipinski definition) is 5. The number of amides is 1. The fraction of sp³-hybridized carbons (Fsp3) is 0.105. The standard InChI is InChI=1S/C19H14ClNO4S2/c1-11(18(23)24)25-13-8-6-12(7-9-13)10-16-17(22)21(19(26)27-16)15-5-3-2-4-14(15)20/h2-11H,1H3,(H,23,24)/b16-10+. The van der Waals surface area contributed by atoms with Crippen molar-refractivity contribution in [2.45, 2.75) is 13.0 Å². The fourth-order valence-corrected chi connectivity index (χ4v) is 3.86. The number of thioether (sulfide) groups is 1. The van der Waals surface area contributed by atoms with Gasteiger partial charge in [0.15, 0.2) is 10.4 Å². The van der Waals surface area contributed by atoms with Gasteiger partial charge < -0.3 is 9.84 Å². The minimum absolute atomic E-state index is 0.238. The number of benzene rings is 2. The molecule has 2 aromatic rings. The highest BCUT2D eigenvalue weighted by Crippen LogP contribution is 2.38. The van der Waals surface area contributed by atoms with E-state index in [2.05, 4.69) is 0 Å². The van der Waals surface area contributed by atoms with Crippen LogP contribution in [0.3, 0.4) is 0 Å². The number of carboxylic acid groups (broad SMARTS) is 1. The minimum Gasteiger partial charge on any atom is -0.479 e. The maximum Gasteiger partial charge on any atom is 0.344 e. The lowest BCUT2D eigenvalue weighted by Gasteiger charge is -2.15. The molecule has 1 atom stereocenters. The third-order valence-corrected chi connectivity index (χ3v) is 5.35. The molecule has 8 heteroatoms. The third kappa shape index (κ3) is 4.32. The number of rotatable bonds is 5. The Labute approximate surface area is 170 Å². The van der Waals surface area contributed by atoms with Crippen LogP contribution in [0.5, 0.6) is 5.75 Å². The lowest BCUT2D eigenvalue weighted by molar-refractivity contribution is -0.144. The van der Waals surface area contributed by atoms with Gasteiger partial charge >= 0.3 is 5.97 Å². The molecule has 1 aliphatic rings. The number of nitrogens with zero attached hydrogens (tertiary/aromatic N) is 1. The summed E-state index contributed by atoms with van der Waals surface area (Å²) in [5, 5.41) is 9.33. The highest BCUT2D eigenvalue weighted by Gasteiger charge is 2.34. The molecule has 1 amide bonds. The molecule has 3 rings (SSSR count). The van der Waals surface area contributed by atoms with Gasteiger partial charge in [0.25, 0.3) is 5.91 Å². The van der Waals surface area contributed by atoms with Gasteiger partial charge in [-0.2, -0.15) is 0 Å². The smallest absolute Gasteiger partial charge is 0.344 e. The van der Waals surface area contributed by atoms with Crippen LogP contribution in [0, 0.1) is 0 Å². The van der Waals surface area contributed by atoms with Crippen LogP contribution in [0.15, 0.2) is 53.4 Å². The van der Waals surface area contributed by atoms with Gasteiger partial charge in [0.1, 0.15) is 5.75 Å². The van der Waals surface area contributed by atoms with Gasteiger partial charge in [-0.3, -0.25) is 9.69 Å². The summed E-state index contributed by atoms with van der Waals surface area (Å²) in [6, 6.07) is 13.8. The second-order valence-corrected chi connectivity index (χ2v) is 7.72. The van der Waals surface area contributed by atoms with Gasteiger partial charge in [0, 0.05) is 0 Å². The molecule has 0 spiro atoms. The Bertz CT molecular complexity index is 943. The van der Waals surface area contributed by atoms with Crippen molar-refractivity contribution in [2.24, 2.45) is 0 Å². The topological polar surface area (TPSA) is 66.8 Å². The van der Waals surface area contributed by atoms with Crippen LogP contribution in [-0.4, -0.2) is 27.4 Å². The molecule has 0 radical (unpaired) electrons. The predicted molar refractivity (Wildman–Crippen MR) is 111 cm³/mol. The number of anilines is 1. The first-order valence-electron chi connectivity index (χ1n) is 7.89. The molecule has 2 aromatic carbocycles. The third-order valence-electron chi connectivity index (χ3n) is 3.73. The van der Waals surface area contributed by atoms with Crippen molar-refractivity contribution in [2.75, 3.05) is 4.90 Å². The zero-order chi connectivity index (χ0) is 19.6. The number of para-hydroxylation sites is 1. The molecule has 1 heterocycles. The molecule has 1 aliphatic heterocycles. The monoisotopic (exact) mass is 419 g/mol.